The molecule has 1 saturated carbocycles. The van der Waals surface area contributed by atoms with Crippen LogP contribution in [-0.4, -0.2) is 28.6 Å². The summed E-state index contributed by atoms with van der Waals surface area (Å²) >= 11 is 11.7. The molecule has 1 heterocycles. The average Bonchev–Trinajstić information content (AvgIpc) is 2.74. The normalized spacial score (nSPS) is 26.4. The molecule has 0 spiro atoms. The molecule has 1 aliphatic carbocycles. The molecule has 1 aromatic heterocycles. The van der Waals surface area contributed by atoms with Crippen LogP contribution in [0.2, 0.25) is 10.2 Å². The number of nitrogens with one attached hydrogen (secondary N) is 1. The number of aliphatic hydroxyl groups is 1. The van der Waals surface area contributed by atoms with Crippen LogP contribution < -0.4 is 5.32 Å². The van der Waals surface area contributed by atoms with Gasteiger partial charge in [0.25, 0.3) is 5.91 Å². The van der Waals surface area contributed by atoms with E-state index in [1.807, 2.05) is 6.92 Å². The first-order chi connectivity index (χ1) is 8.96. The van der Waals surface area contributed by atoms with Crippen LogP contribution in [0.4, 0.5) is 0 Å². The van der Waals surface area contributed by atoms with Gasteiger partial charge in [-0.2, -0.15) is 0 Å². The number of amides is 1. The molecule has 6 heteroatoms. The van der Waals surface area contributed by atoms with Gasteiger partial charge >= 0.3 is 0 Å². The van der Waals surface area contributed by atoms with E-state index in [0.717, 1.165) is 19.3 Å². The molecule has 2 N–H and O–H groups in total. The van der Waals surface area contributed by atoms with E-state index in [9.17, 15) is 9.90 Å². The van der Waals surface area contributed by atoms with Gasteiger partial charge in [-0.1, -0.05) is 36.5 Å². The fraction of sp³-hybridized carbons (Fsp3) is 0.538. The van der Waals surface area contributed by atoms with Crippen molar-refractivity contribution in [3.63, 3.8) is 0 Å². The van der Waals surface area contributed by atoms with Crippen molar-refractivity contribution in [1.82, 2.24) is 10.3 Å². The summed E-state index contributed by atoms with van der Waals surface area (Å²) in [5.74, 6) is -0.348. The molecule has 1 amide bonds. The number of carbonyl (C=O) groups excluding carboxylic acids is 1. The molecule has 0 bridgehead atoms. The van der Waals surface area contributed by atoms with Crippen molar-refractivity contribution in [2.24, 2.45) is 5.41 Å². The van der Waals surface area contributed by atoms with Gasteiger partial charge in [-0.3, -0.25) is 4.79 Å². The minimum atomic E-state index is -0.348. The molecular weight excluding hydrogens is 287 g/mol. The Kier molecular flexibility index (Phi) is 4.33. The minimum Gasteiger partial charge on any atom is -0.396 e. The van der Waals surface area contributed by atoms with Gasteiger partial charge in [-0.25, -0.2) is 4.98 Å². The number of rotatable bonds is 3. The number of hydrogen-bond donors (Lipinski definition) is 2. The van der Waals surface area contributed by atoms with Crippen LogP contribution in [0.15, 0.2) is 12.1 Å². The second kappa shape index (κ2) is 5.65. The van der Waals surface area contributed by atoms with Gasteiger partial charge in [0.15, 0.2) is 0 Å². The zero-order valence-corrected chi connectivity index (χ0v) is 12.1. The molecule has 1 fully saturated rings. The largest absolute Gasteiger partial charge is 0.396 e. The fourth-order valence-electron chi connectivity index (χ4n) is 2.47. The molecule has 1 aromatic rings. The minimum absolute atomic E-state index is 0.0503. The standard InChI is InChI=1S/C13H16Cl2N2O2/c1-13(7-18)6-2-3-9(13)16-12(19)11-8(14)4-5-10(15)17-11/h4-5,9,18H,2-3,6-7H2,1H3,(H,16,19). The maximum absolute atomic E-state index is 12.2. The van der Waals surface area contributed by atoms with Gasteiger partial charge in [-0.15, -0.1) is 0 Å². The van der Waals surface area contributed by atoms with Crippen molar-refractivity contribution in [2.75, 3.05) is 6.61 Å². The predicted molar refractivity (Wildman–Crippen MR) is 74.6 cm³/mol. The van der Waals surface area contributed by atoms with Gasteiger partial charge in [0.05, 0.1) is 11.6 Å². The molecule has 2 atom stereocenters. The van der Waals surface area contributed by atoms with Crippen LogP contribution in [-0.2, 0) is 0 Å². The molecule has 19 heavy (non-hydrogen) atoms. The highest BCUT2D eigenvalue weighted by Gasteiger charge is 2.39. The van der Waals surface area contributed by atoms with E-state index in [0.29, 0.717) is 0 Å². The average molecular weight is 303 g/mol. The second-order valence-corrected chi connectivity index (χ2v) is 5.99. The third-order valence-corrected chi connectivity index (χ3v) is 4.29. The molecule has 2 unspecified atom stereocenters. The van der Waals surface area contributed by atoms with Gasteiger partial charge in [0.2, 0.25) is 0 Å². The quantitative estimate of drug-likeness (QED) is 0.844. The molecule has 0 aromatic carbocycles. The Morgan fingerprint density at radius 1 is 1.58 bits per heavy atom. The Hall–Kier alpha value is -0.840. The van der Waals surface area contributed by atoms with E-state index in [1.165, 1.54) is 6.07 Å². The summed E-state index contributed by atoms with van der Waals surface area (Å²) in [4.78, 5) is 16.1. The second-order valence-electron chi connectivity index (χ2n) is 5.19. The Labute approximate surface area is 122 Å². The molecule has 0 saturated heterocycles. The van der Waals surface area contributed by atoms with Crippen LogP contribution in [0.5, 0.6) is 0 Å². The van der Waals surface area contributed by atoms with Gasteiger partial charge < -0.3 is 10.4 Å². The summed E-state index contributed by atoms with van der Waals surface area (Å²) in [7, 11) is 0. The van der Waals surface area contributed by atoms with Crippen molar-refractivity contribution in [2.45, 2.75) is 32.2 Å². The number of carbonyl (C=O) groups is 1. The van der Waals surface area contributed by atoms with E-state index in [4.69, 9.17) is 23.2 Å². The third-order valence-electron chi connectivity index (χ3n) is 3.78. The van der Waals surface area contributed by atoms with E-state index < -0.39 is 0 Å². The zero-order chi connectivity index (χ0) is 14.0. The predicted octanol–water partition coefficient (Wildman–Crippen LogP) is 2.67. The summed E-state index contributed by atoms with van der Waals surface area (Å²) in [5, 5.41) is 12.9. The number of nitrogens with zero attached hydrogens (tertiary/aromatic N) is 1. The van der Waals surface area contributed by atoms with Crippen molar-refractivity contribution in [3.8, 4) is 0 Å². The lowest BCUT2D eigenvalue weighted by atomic mass is 9.86. The lowest BCUT2D eigenvalue weighted by molar-refractivity contribution is 0.0826. The number of hydrogen-bond acceptors (Lipinski definition) is 3. The van der Waals surface area contributed by atoms with Crippen LogP contribution in [0.3, 0.4) is 0 Å². The third kappa shape index (κ3) is 3.02. The summed E-state index contributed by atoms with van der Waals surface area (Å²) < 4.78 is 0. The van der Waals surface area contributed by atoms with E-state index >= 15 is 0 Å². The molecule has 4 nitrogen and oxygen atoms in total. The van der Waals surface area contributed by atoms with E-state index in [-0.39, 0.29) is 39.8 Å². The Balaban J connectivity index is 2.15. The lowest BCUT2D eigenvalue weighted by Crippen LogP contribution is -2.45. The maximum atomic E-state index is 12.2. The lowest BCUT2D eigenvalue weighted by Gasteiger charge is -2.30. The van der Waals surface area contributed by atoms with Crippen molar-refractivity contribution in [3.05, 3.63) is 28.0 Å². The van der Waals surface area contributed by atoms with Crippen LogP contribution >= 0.6 is 23.2 Å². The highest BCUT2D eigenvalue weighted by Crippen LogP contribution is 2.37. The van der Waals surface area contributed by atoms with Gasteiger partial charge in [0.1, 0.15) is 10.8 Å². The number of aromatic nitrogens is 1. The first-order valence-electron chi connectivity index (χ1n) is 6.20. The fourth-order valence-corrected chi connectivity index (χ4v) is 2.81. The maximum Gasteiger partial charge on any atom is 0.271 e. The highest BCUT2D eigenvalue weighted by molar-refractivity contribution is 6.34. The summed E-state index contributed by atoms with van der Waals surface area (Å²) in [6, 6.07) is 3.02. The monoisotopic (exact) mass is 302 g/mol. The summed E-state index contributed by atoms with van der Waals surface area (Å²) in [6.07, 6.45) is 2.73. The molecule has 104 valence electrons. The SMILES string of the molecule is CC1(CO)CCCC1NC(=O)c1nc(Cl)ccc1Cl. The van der Waals surface area contributed by atoms with Gasteiger partial charge in [0, 0.05) is 11.5 Å². The number of halogens is 2. The topological polar surface area (TPSA) is 62.2 Å². The molecule has 0 aliphatic heterocycles. The Morgan fingerprint density at radius 3 is 3.00 bits per heavy atom. The van der Waals surface area contributed by atoms with Crippen LogP contribution in [0, 0.1) is 5.41 Å². The van der Waals surface area contributed by atoms with Crippen LogP contribution in [0.25, 0.3) is 0 Å². The highest BCUT2D eigenvalue weighted by atomic mass is 35.5. The first-order valence-corrected chi connectivity index (χ1v) is 6.95. The van der Waals surface area contributed by atoms with Gasteiger partial charge in [-0.05, 0) is 25.0 Å². The molecule has 2 rings (SSSR count). The first kappa shape index (κ1) is 14.6. The van der Waals surface area contributed by atoms with Crippen molar-refractivity contribution in [1.29, 1.82) is 0 Å². The van der Waals surface area contributed by atoms with E-state index in [2.05, 4.69) is 10.3 Å². The molecular formula is C13H16Cl2N2O2. The van der Waals surface area contributed by atoms with E-state index in [1.54, 1.807) is 6.07 Å². The molecule has 1 aliphatic rings. The summed E-state index contributed by atoms with van der Waals surface area (Å²) in [5.41, 5.74) is -0.151. The summed E-state index contributed by atoms with van der Waals surface area (Å²) in [6.45, 7) is 2.02. The Morgan fingerprint density at radius 2 is 2.32 bits per heavy atom. The Bertz CT molecular complexity index is 496. The zero-order valence-electron chi connectivity index (χ0n) is 10.6. The van der Waals surface area contributed by atoms with Crippen molar-refractivity contribution < 1.29 is 9.90 Å². The van der Waals surface area contributed by atoms with Crippen molar-refractivity contribution >= 4 is 29.1 Å². The number of pyridine rings is 1. The van der Waals surface area contributed by atoms with Crippen LogP contribution in [0.1, 0.15) is 36.7 Å². The number of aliphatic hydroxyl groups excluding tert-OH is 1. The molecule has 0 radical (unpaired) electrons. The smallest absolute Gasteiger partial charge is 0.271 e.